The number of rotatable bonds is 6. The van der Waals surface area contributed by atoms with Crippen LogP contribution in [-0.2, 0) is 0 Å². The normalized spacial score (nSPS) is 15.5. The van der Waals surface area contributed by atoms with E-state index in [-0.39, 0.29) is 0 Å². The number of hydrogen-bond donors (Lipinski definition) is 0. The van der Waals surface area contributed by atoms with Gasteiger partial charge in [0.15, 0.2) is 6.29 Å². The standard InChI is InChI=1S/C22H27ClN2O/c1-3-18(4-2)24-11-13-25(14-12-24)19-10-9-17(16-26)21(15-19)20-7-5-6-8-22(20)23/h5-10,15-16,18H,3-4,11-14H2,1-2H3. The second-order valence-corrected chi connectivity index (χ2v) is 7.27. The topological polar surface area (TPSA) is 23.6 Å². The molecule has 1 saturated heterocycles. The Hall–Kier alpha value is -1.84. The first kappa shape index (κ1) is 18.9. The summed E-state index contributed by atoms with van der Waals surface area (Å²) in [5.74, 6) is 0. The molecule has 3 nitrogen and oxygen atoms in total. The lowest BCUT2D eigenvalue weighted by Crippen LogP contribution is -2.50. The minimum absolute atomic E-state index is 0.673. The maximum atomic E-state index is 11.5. The molecule has 4 heteroatoms. The summed E-state index contributed by atoms with van der Waals surface area (Å²) in [6.45, 7) is 8.74. The minimum atomic E-state index is 0.673. The van der Waals surface area contributed by atoms with Crippen LogP contribution in [0.15, 0.2) is 42.5 Å². The molecule has 0 unspecified atom stereocenters. The van der Waals surface area contributed by atoms with E-state index >= 15 is 0 Å². The van der Waals surface area contributed by atoms with Crippen molar-refractivity contribution < 1.29 is 4.79 Å². The van der Waals surface area contributed by atoms with Gasteiger partial charge in [0, 0.05) is 54.1 Å². The Morgan fingerprint density at radius 3 is 2.31 bits per heavy atom. The molecule has 0 atom stereocenters. The highest BCUT2D eigenvalue weighted by molar-refractivity contribution is 6.33. The Labute approximate surface area is 161 Å². The maximum Gasteiger partial charge on any atom is 0.150 e. The van der Waals surface area contributed by atoms with Crippen molar-refractivity contribution in [2.24, 2.45) is 0 Å². The van der Waals surface area contributed by atoms with Crippen molar-refractivity contribution >= 4 is 23.6 Å². The molecular formula is C22H27ClN2O. The van der Waals surface area contributed by atoms with Crippen LogP contribution in [0.3, 0.4) is 0 Å². The first-order chi connectivity index (χ1) is 12.7. The Kier molecular flexibility index (Phi) is 6.33. The van der Waals surface area contributed by atoms with Crippen molar-refractivity contribution in [2.75, 3.05) is 31.1 Å². The van der Waals surface area contributed by atoms with Crippen LogP contribution in [0.4, 0.5) is 5.69 Å². The predicted molar refractivity (Wildman–Crippen MR) is 110 cm³/mol. The van der Waals surface area contributed by atoms with Crippen LogP contribution in [0.2, 0.25) is 5.02 Å². The maximum absolute atomic E-state index is 11.5. The average molecular weight is 371 g/mol. The molecule has 0 radical (unpaired) electrons. The van der Waals surface area contributed by atoms with Crippen molar-refractivity contribution in [3.8, 4) is 11.1 Å². The number of nitrogens with zero attached hydrogens (tertiary/aromatic N) is 2. The van der Waals surface area contributed by atoms with E-state index in [1.54, 1.807) is 0 Å². The largest absolute Gasteiger partial charge is 0.369 e. The zero-order chi connectivity index (χ0) is 18.5. The number of aldehydes is 1. The molecule has 0 N–H and O–H groups in total. The fraction of sp³-hybridized carbons (Fsp3) is 0.409. The molecule has 0 bridgehead atoms. The number of piperazine rings is 1. The Morgan fingerprint density at radius 2 is 1.69 bits per heavy atom. The van der Waals surface area contributed by atoms with Crippen molar-refractivity contribution in [3.63, 3.8) is 0 Å². The molecule has 1 fully saturated rings. The van der Waals surface area contributed by atoms with Crippen LogP contribution in [0.25, 0.3) is 11.1 Å². The van der Waals surface area contributed by atoms with Gasteiger partial charge in [-0.3, -0.25) is 9.69 Å². The second kappa shape index (κ2) is 8.70. The van der Waals surface area contributed by atoms with Crippen LogP contribution in [0.5, 0.6) is 0 Å². The number of halogens is 1. The molecule has 0 aromatic heterocycles. The highest BCUT2D eigenvalue weighted by Crippen LogP contribution is 2.33. The summed E-state index contributed by atoms with van der Waals surface area (Å²) in [7, 11) is 0. The van der Waals surface area contributed by atoms with E-state index in [0.717, 1.165) is 49.3 Å². The van der Waals surface area contributed by atoms with Crippen molar-refractivity contribution in [2.45, 2.75) is 32.7 Å². The van der Waals surface area contributed by atoms with Crippen molar-refractivity contribution in [1.29, 1.82) is 0 Å². The first-order valence-corrected chi connectivity index (χ1v) is 9.88. The average Bonchev–Trinajstić information content (AvgIpc) is 2.69. The highest BCUT2D eigenvalue weighted by atomic mass is 35.5. The molecule has 0 saturated carbocycles. The third kappa shape index (κ3) is 3.94. The summed E-state index contributed by atoms with van der Waals surface area (Å²) in [6, 6.07) is 14.5. The van der Waals surface area contributed by atoms with Crippen molar-refractivity contribution in [3.05, 3.63) is 53.1 Å². The van der Waals surface area contributed by atoms with Gasteiger partial charge in [0.05, 0.1) is 0 Å². The van der Waals surface area contributed by atoms with Gasteiger partial charge in [-0.15, -0.1) is 0 Å². The van der Waals surface area contributed by atoms with E-state index < -0.39 is 0 Å². The van der Waals surface area contributed by atoms with Gasteiger partial charge in [0.2, 0.25) is 0 Å². The van der Waals surface area contributed by atoms with Crippen LogP contribution >= 0.6 is 11.6 Å². The van der Waals surface area contributed by atoms with Gasteiger partial charge in [-0.25, -0.2) is 0 Å². The predicted octanol–water partition coefficient (Wildman–Crippen LogP) is 5.13. The van der Waals surface area contributed by atoms with Crippen LogP contribution in [-0.4, -0.2) is 43.4 Å². The zero-order valence-corrected chi connectivity index (χ0v) is 16.4. The Morgan fingerprint density at radius 1 is 1.00 bits per heavy atom. The van der Waals surface area contributed by atoms with E-state index in [4.69, 9.17) is 11.6 Å². The Balaban J connectivity index is 1.83. The van der Waals surface area contributed by atoms with Crippen molar-refractivity contribution in [1.82, 2.24) is 4.90 Å². The van der Waals surface area contributed by atoms with Gasteiger partial charge in [0.1, 0.15) is 0 Å². The minimum Gasteiger partial charge on any atom is -0.369 e. The molecule has 2 aromatic carbocycles. The molecule has 1 heterocycles. The van der Waals surface area contributed by atoms with Crippen LogP contribution in [0.1, 0.15) is 37.0 Å². The van der Waals surface area contributed by atoms with Crippen LogP contribution < -0.4 is 4.90 Å². The van der Waals surface area contributed by atoms with Gasteiger partial charge in [-0.05, 0) is 42.7 Å². The van der Waals surface area contributed by atoms with Crippen LogP contribution in [0, 0.1) is 0 Å². The van der Waals surface area contributed by atoms with E-state index in [1.165, 1.54) is 12.8 Å². The van der Waals surface area contributed by atoms with E-state index in [0.29, 0.717) is 16.6 Å². The molecule has 2 aromatic rings. The summed E-state index contributed by atoms with van der Waals surface area (Å²) in [6.07, 6.45) is 3.33. The van der Waals surface area contributed by atoms with E-state index in [9.17, 15) is 4.79 Å². The molecule has 1 aliphatic heterocycles. The molecular weight excluding hydrogens is 344 g/mol. The van der Waals surface area contributed by atoms with Gasteiger partial charge in [0.25, 0.3) is 0 Å². The first-order valence-electron chi connectivity index (χ1n) is 9.51. The molecule has 26 heavy (non-hydrogen) atoms. The Bertz CT molecular complexity index is 750. The molecule has 0 aliphatic carbocycles. The summed E-state index contributed by atoms with van der Waals surface area (Å²) < 4.78 is 0. The summed E-state index contributed by atoms with van der Waals surface area (Å²) >= 11 is 6.38. The molecule has 0 amide bonds. The fourth-order valence-corrected chi connectivity index (χ4v) is 4.14. The molecule has 0 spiro atoms. The second-order valence-electron chi connectivity index (χ2n) is 6.86. The summed E-state index contributed by atoms with van der Waals surface area (Å²) in [5.41, 5.74) is 3.66. The van der Waals surface area contributed by atoms with Gasteiger partial charge in [-0.1, -0.05) is 43.6 Å². The third-order valence-corrected chi connectivity index (χ3v) is 5.80. The number of anilines is 1. The number of benzene rings is 2. The van der Waals surface area contributed by atoms with Gasteiger partial charge in [-0.2, -0.15) is 0 Å². The van der Waals surface area contributed by atoms with E-state index in [2.05, 4.69) is 35.8 Å². The quantitative estimate of drug-likeness (QED) is 0.658. The monoisotopic (exact) mass is 370 g/mol. The lowest BCUT2D eigenvalue weighted by Gasteiger charge is -2.40. The molecule has 1 aliphatic rings. The van der Waals surface area contributed by atoms with Gasteiger partial charge >= 0.3 is 0 Å². The third-order valence-electron chi connectivity index (χ3n) is 5.47. The molecule has 3 rings (SSSR count). The smallest absolute Gasteiger partial charge is 0.150 e. The summed E-state index contributed by atoms with van der Waals surface area (Å²) in [5, 5.41) is 0.673. The lowest BCUT2D eigenvalue weighted by atomic mass is 9.99. The zero-order valence-electron chi connectivity index (χ0n) is 15.6. The van der Waals surface area contributed by atoms with E-state index in [1.807, 2.05) is 30.3 Å². The number of carbonyl (C=O) groups excluding carboxylic acids is 1. The highest BCUT2D eigenvalue weighted by Gasteiger charge is 2.22. The summed E-state index contributed by atoms with van der Waals surface area (Å²) in [4.78, 5) is 16.5. The fourth-order valence-electron chi connectivity index (χ4n) is 3.91. The number of carbonyl (C=O) groups is 1. The SMILES string of the molecule is CCC(CC)N1CCN(c2ccc(C=O)c(-c3ccccc3Cl)c2)CC1. The van der Waals surface area contributed by atoms with Gasteiger partial charge < -0.3 is 4.90 Å². The number of hydrogen-bond acceptors (Lipinski definition) is 3. The molecule has 138 valence electrons. The lowest BCUT2D eigenvalue weighted by molar-refractivity contribution is 0.112.